The lowest BCUT2D eigenvalue weighted by molar-refractivity contribution is 0.475. The number of H-pyrrole nitrogens is 1. The first-order chi connectivity index (χ1) is 14.1. The number of pyridine rings is 1. The van der Waals surface area contributed by atoms with Crippen LogP contribution >= 0.6 is 0 Å². The van der Waals surface area contributed by atoms with Crippen LogP contribution in [0.2, 0.25) is 0 Å². The van der Waals surface area contributed by atoms with Gasteiger partial charge in [0, 0.05) is 11.8 Å². The van der Waals surface area contributed by atoms with Crippen molar-refractivity contribution in [3.63, 3.8) is 0 Å². The van der Waals surface area contributed by atoms with E-state index in [0.29, 0.717) is 12.1 Å². The molecule has 0 aliphatic heterocycles. The maximum Gasteiger partial charge on any atom is 0.126 e. The number of phenols is 1. The highest BCUT2D eigenvalue weighted by Crippen LogP contribution is 2.26. The summed E-state index contributed by atoms with van der Waals surface area (Å²) < 4.78 is 0. The number of aryl methyl sites for hydroxylation is 1. The predicted molar refractivity (Wildman–Crippen MR) is 112 cm³/mol. The van der Waals surface area contributed by atoms with Crippen LogP contribution in [0.4, 0.5) is 5.82 Å². The summed E-state index contributed by atoms with van der Waals surface area (Å²) in [4.78, 5) is 4.39. The Balaban J connectivity index is 1.49. The molecule has 0 spiro atoms. The van der Waals surface area contributed by atoms with Crippen molar-refractivity contribution < 1.29 is 5.11 Å². The number of aromatic nitrogens is 3. The van der Waals surface area contributed by atoms with Crippen LogP contribution in [-0.2, 0) is 6.54 Å². The van der Waals surface area contributed by atoms with Crippen LogP contribution in [0.1, 0.15) is 16.8 Å². The van der Waals surface area contributed by atoms with E-state index in [2.05, 4.69) is 26.6 Å². The molecule has 4 rings (SSSR count). The molecule has 2 aromatic heterocycles. The second-order valence-corrected chi connectivity index (χ2v) is 6.75. The molecule has 4 aromatic rings. The van der Waals surface area contributed by atoms with Crippen LogP contribution in [0.5, 0.6) is 5.75 Å². The van der Waals surface area contributed by atoms with Gasteiger partial charge in [0.15, 0.2) is 0 Å². The molecule has 0 saturated heterocycles. The number of phenolic OH excluding ortho intramolecular Hbond substituents is 1. The number of anilines is 1. The maximum absolute atomic E-state index is 9.63. The van der Waals surface area contributed by atoms with E-state index < -0.39 is 0 Å². The van der Waals surface area contributed by atoms with Gasteiger partial charge in [0.2, 0.25) is 0 Å². The van der Waals surface area contributed by atoms with Gasteiger partial charge in [-0.3, -0.25) is 5.10 Å². The Morgan fingerprint density at radius 3 is 2.76 bits per heavy atom. The number of benzene rings is 2. The summed E-state index contributed by atoms with van der Waals surface area (Å²) in [5.74, 6) is 0.962. The standard InChI is InChI=1S/C23H19N5O/c1-15-9-16(13-24)5-6-21(15)17-7-8-25-23(11-17)26-14-19-12-22(28-27-19)18-3-2-4-20(29)10-18/h2-12,29H,14H2,1H3,(H,25,26)(H,27,28). The first-order valence-electron chi connectivity index (χ1n) is 9.17. The maximum atomic E-state index is 9.63. The summed E-state index contributed by atoms with van der Waals surface area (Å²) in [6.45, 7) is 2.51. The van der Waals surface area contributed by atoms with E-state index >= 15 is 0 Å². The first kappa shape index (κ1) is 18.3. The molecule has 6 heteroatoms. The van der Waals surface area contributed by atoms with Gasteiger partial charge in [-0.1, -0.05) is 18.2 Å². The molecule has 0 radical (unpaired) electrons. The number of aromatic hydroxyl groups is 1. The summed E-state index contributed by atoms with van der Waals surface area (Å²) in [6, 6.07) is 20.7. The van der Waals surface area contributed by atoms with Crippen LogP contribution in [-0.4, -0.2) is 20.3 Å². The molecule has 0 unspecified atom stereocenters. The Kier molecular flexibility index (Phi) is 4.95. The van der Waals surface area contributed by atoms with Crippen LogP contribution in [0.25, 0.3) is 22.4 Å². The van der Waals surface area contributed by atoms with Gasteiger partial charge in [-0.05, 0) is 66.1 Å². The highest BCUT2D eigenvalue weighted by Gasteiger charge is 2.07. The molecule has 3 N–H and O–H groups in total. The smallest absolute Gasteiger partial charge is 0.126 e. The summed E-state index contributed by atoms with van der Waals surface area (Å²) in [5, 5.41) is 29.3. The van der Waals surface area contributed by atoms with E-state index in [-0.39, 0.29) is 5.75 Å². The van der Waals surface area contributed by atoms with Crippen LogP contribution < -0.4 is 5.32 Å². The van der Waals surface area contributed by atoms with Crippen molar-refractivity contribution >= 4 is 5.82 Å². The average molecular weight is 381 g/mol. The largest absolute Gasteiger partial charge is 0.508 e. The van der Waals surface area contributed by atoms with Gasteiger partial charge in [-0.25, -0.2) is 4.98 Å². The quantitative estimate of drug-likeness (QED) is 0.468. The lowest BCUT2D eigenvalue weighted by atomic mass is 9.99. The Hall–Kier alpha value is -4.11. The van der Waals surface area contributed by atoms with E-state index in [1.165, 1.54) is 0 Å². The van der Waals surface area contributed by atoms with Crippen molar-refractivity contribution in [2.24, 2.45) is 0 Å². The lowest BCUT2D eigenvalue weighted by Crippen LogP contribution is -2.01. The van der Waals surface area contributed by atoms with Crippen molar-refractivity contribution in [3.05, 3.63) is 83.7 Å². The SMILES string of the molecule is Cc1cc(C#N)ccc1-c1ccnc(NCc2cc(-c3cccc(O)c3)[nH]n2)c1. The zero-order valence-corrected chi connectivity index (χ0v) is 15.8. The fraction of sp³-hybridized carbons (Fsp3) is 0.0870. The minimum atomic E-state index is 0.218. The fourth-order valence-corrected chi connectivity index (χ4v) is 3.21. The summed E-state index contributed by atoms with van der Waals surface area (Å²) in [6.07, 6.45) is 1.76. The van der Waals surface area contributed by atoms with Gasteiger partial charge in [0.25, 0.3) is 0 Å². The molecule has 0 aliphatic rings. The Labute approximate surface area is 168 Å². The second kappa shape index (κ2) is 7.87. The number of hydrogen-bond acceptors (Lipinski definition) is 5. The lowest BCUT2D eigenvalue weighted by Gasteiger charge is -2.09. The van der Waals surface area contributed by atoms with Crippen molar-refractivity contribution in [1.29, 1.82) is 5.26 Å². The van der Waals surface area contributed by atoms with Gasteiger partial charge in [-0.2, -0.15) is 10.4 Å². The Morgan fingerprint density at radius 1 is 1.07 bits per heavy atom. The van der Waals surface area contributed by atoms with E-state index in [1.54, 1.807) is 24.4 Å². The highest BCUT2D eigenvalue weighted by molar-refractivity contribution is 5.70. The molecule has 0 fully saturated rings. The summed E-state index contributed by atoms with van der Waals surface area (Å²) in [7, 11) is 0. The van der Waals surface area contributed by atoms with Gasteiger partial charge < -0.3 is 10.4 Å². The van der Waals surface area contributed by atoms with Crippen LogP contribution in [0, 0.1) is 18.3 Å². The molecule has 0 amide bonds. The van der Waals surface area contributed by atoms with Crippen LogP contribution in [0.3, 0.4) is 0 Å². The monoisotopic (exact) mass is 381 g/mol. The molecule has 6 nitrogen and oxygen atoms in total. The van der Waals surface area contributed by atoms with E-state index in [9.17, 15) is 5.11 Å². The average Bonchev–Trinajstić information content (AvgIpc) is 3.21. The van der Waals surface area contributed by atoms with Gasteiger partial charge in [0.1, 0.15) is 11.6 Å². The molecular formula is C23H19N5O. The van der Waals surface area contributed by atoms with Gasteiger partial charge >= 0.3 is 0 Å². The third-order valence-corrected chi connectivity index (χ3v) is 4.67. The number of nitrogens with zero attached hydrogens (tertiary/aromatic N) is 3. The van der Waals surface area contributed by atoms with E-state index in [0.717, 1.165) is 39.5 Å². The molecular weight excluding hydrogens is 362 g/mol. The number of hydrogen-bond donors (Lipinski definition) is 3. The Bertz CT molecular complexity index is 1210. The minimum absolute atomic E-state index is 0.218. The zero-order valence-electron chi connectivity index (χ0n) is 15.8. The molecule has 2 aromatic carbocycles. The predicted octanol–water partition coefficient (Wildman–Crippen LogP) is 4.64. The van der Waals surface area contributed by atoms with Crippen molar-refractivity contribution in [2.45, 2.75) is 13.5 Å². The molecule has 0 bridgehead atoms. The molecule has 0 atom stereocenters. The van der Waals surface area contributed by atoms with Crippen molar-refractivity contribution in [3.8, 4) is 34.2 Å². The molecule has 0 aliphatic carbocycles. The molecule has 0 saturated carbocycles. The highest BCUT2D eigenvalue weighted by atomic mass is 16.3. The Morgan fingerprint density at radius 2 is 1.97 bits per heavy atom. The molecule has 2 heterocycles. The van der Waals surface area contributed by atoms with E-state index in [1.807, 2.05) is 49.4 Å². The normalized spacial score (nSPS) is 10.5. The summed E-state index contributed by atoms with van der Waals surface area (Å²) in [5.41, 5.74) is 6.36. The number of nitriles is 1. The number of rotatable bonds is 5. The van der Waals surface area contributed by atoms with Gasteiger partial charge in [-0.15, -0.1) is 0 Å². The first-order valence-corrected chi connectivity index (χ1v) is 9.17. The molecule has 142 valence electrons. The topological polar surface area (TPSA) is 97.6 Å². The van der Waals surface area contributed by atoms with Crippen LogP contribution in [0.15, 0.2) is 66.9 Å². The zero-order chi connectivity index (χ0) is 20.2. The third-order valence-electron chi connectivity index (χ3n) is 4.67. The van der Waals surface area contributed by atoms with Crippen molar-refractivity contribution in [1.82, 2.24) is 15.2 Å². The van der Waals surface area contributed by atoms with Crippen molar-refractivity contribution in [2.75, 3.05) is 5.32 Å². The summed E-state index contributed by atoms with van der Waals surface area (Å²) >= 11 is 0. The third kappa shape index (κ3) is 4.09. The minimum Gasteiger partial charge on any atom is -0.508 e. The molecule has 29 heavy (non-hydrogen) atoms. The fourth-order valence-electron chi connectivity index (χ4n) is 3.21. The van der Waals surface area contributed by atoms with E-state index in [4.69, 9.17) is 5.26 Å². The van der Waals surface area contributed by atoms with Gasteiger partial charge in [0.05, 0.1) is 29.6 Å². The second-order valence-electron chi connectivity index (χ2n) is 6.75. The number of nitrogens with one attached hydrogen (secondary N) is 2. The number of aromatic amines is 1.